The molecule has 1 fully saturated rings. The third kappa shape index (κ3) is 7.02. The molecule has 0 spiro atoms. The molecule has 1 N–H and O–H groups in total. The SMILES string of the molecule is C=CCCCCCN(C)C(=O)CC1CCCN1.Cl. The van der Waals surface area contributed by atoms with Crippen LogP contribution in [0.15, 0.2) is 12.7 Å². The molecular weight excluding hydrogens is 248 g/mol. The largest absolute Gasteiger partial charge is 0.346 e. The summed E-state index contributed by atoms with van der Waals surface area (Å²) in [6.07, 6.45) is 9.56. The second-order valence-electron chi connectivity index (χ2n) is 4.95. The number of allylic oxidation sites excluding steroid dienone is 1. The van der Waals surface area contributed by atoms with Gasteiger partial charge in [-0.25, -0.2) is 0 Å². The van der Waals surface area contributed by atoms with E-state index in [1.807, 2.05) is 18.0 Å². The van der Waals surface area contributed by atoms with Crippen molar-refractivity contribution in [2.75, 3.05) is 20.1 Å². The van der Waals surface area contributed by atoms with E-state index in [9.17, 15) is 4.79 Å². The van der Waals surface area contributed by atoms with Crippen LogP contribution in [0.3, 0.4) is 0 Å². The summed E-state index contributed by atoms with van der Waals surface area (Å²) in [7, 11) is 1.92. The molecule has 18 heavy (non-hydrogen) atoms. The Morgan fingerprint density at radius 2 is 2.22 bits per heavy atom. The smallest absolute Gasteiger partial charge is 0.223 e. The molecule has 1 unspecified atom stereocenters. The number of nitrogens with one attached hydrogen (secondary N) is 1. The predicted octanol–water partition coefficient (Wildman–Crippen LogP) is 2.76. The minimum atomic E-state index is 0. The molecule has 3 nitrogen and oxygen atoms in total. The topological polar surface area (TPSA) is 32.3 Å². The number of hydrogen-bond donors (Lipinski definition) is 1. The minimum Gasteiger partial charge on any atom is -0.346 e. The number of hydrogen-bond acceptors (Lipinski definition) is 2. The van der Waals surface area contributed by atoms with E-state index in [1.54, 1.807) is 0 Å². The van der Waals surface area contributed by atoms with Crippen LogP contribution >= 0.6 is 12.4 Å². The maximum atomic E-state index is 11.9. The van der Waals surface area contributed by atoms with Crippen molar-refractivity contribution in [3.8, 4) is 0 Å². The summed E-state index contributed by atoms with van der Waals surface area (Å²) >= 11 is 0. The molecule has 1 aliphatic rings. The van der Waals surface area contributed by atoms with E-state index < -0.39 is 0 Å². The van der Waals surface area contributed by atoms with Gasteiger partial charge in [-0.3, -0.25) is 4.79 Å². The van der Waals surface area contributed by atoms with Crippen molar-refractivity contribution in [3.05, 3.63) is 12.7 Å². The van der Waals surface area contributed by atoms with Crippen molar-refractivity contribution in [2.45, 2.75) is 51.0 Å². The quantitative estimate of drug-likeness (QED) is 0.545. The first-order valence-corrected chi connectivity index (χ1v) is 6.82. The fourth-order valence-electron chi connectivity index (χ4n) is 2.24. The fourth-order valence-corrected chi connectivity index (χ4v) is 2.24. The molecule has 0 saturated carbocycles. The Hall–Kier alpha value is -0.540. The highest BCUT2D eigenvalue weighted by Crippen LogP contribution is 2.10. The average Bonchev–Trinajstić information content (AvgIpc) is 2.81. The van der Waals surface area contributed by atoms with Crippen molar-refractivity contribution in [2.24, 2.45) is 0 Å². The van der Waals surface area contributed by atoms with Gasteiger partial charge in [0.15, 0.2) is 0 Å². The maximum Gasteiger partial charge on any atom is 0.223 e. The molecule has 1 amide bonds. The Morgan fingerprint density at radius 3 is 2.83 bits per heavy atom. The maximum absolute atomic E-state index is 11.9. The summed E-state index contributed by atoms with van der Waals surface area (Å²) in [6.45, 7) is 5.67. The van der Waals surface area contributed by atoms with Gasteiger partial charge < -0.3 is 10.2 Å². The third-order valence-electron chi connectivity index (χ3n) is 3.41. The summed E-state index contributed by atoms with van der Waals surface area (Å²) < 4.78 is 0. The van der Waals surface area contributed by atoms with Gasteiger partial charge in [-0.15, -0.1) is 19.0 Å². The zero-order valence-corrected chi connectivity index (χ0v) is 12.3. The number of amides is 1. The van der Waals surface area contributed by atoms with Gasteiger partial charge in [0.1, 0.15) is 0 Å². The Morgan fingerprint density at radius 1 is 1.44 bits per heavy atom. The van der Waals surface area contributed by atoms with Crippen LogP contribution in [0.4, 0.5) is 0 Å². The van der Waals surface area contributed by atoms with E-state index in [1.165, 1.54) is 19.3 Å². The second-order valence-corrected chi connectivity index (χ2v) is 4.95. The van der Waals surface area contributed by atoms with Gasteiger partial charge in [-0.2, -0.15) is 0 Å². The van der Waals surface area contributed by atoms with Crippen LogP contribution in [-0.2, 0) is 4.79 Å². The van der Waals surface area contributed by atoms with Crippen LogP contribution in [0.1, 0.15) is 44.9 Å². The van der Waals surface area contributed by atoms with E-state index in [0.29, 0.717) is 12.5 Å². The van der Waals surface area contributed by atoms with Crippen LogP contribution in [-0.4, -0.2) is 37.0 Å². The second kappa shape index (κ2) is 10.4. The van der Waals surface area contributed by atoms with Crippen molar-refractivity contribution < 1.29 is 4.79 Å². The summed E-state index contributed by atoms with van der Waals surface area (Å²) in [5, 5.41) is 3.37. The van der Waals surface area contributed by atoms with Crippen LogP contribution < -0.4 is 5.32 Å². The number of nitrogens with zero attached hydrogens (tertiary/aromatic N) is 1. The predicted molar refractivity (Wildman–Crippen MR) is 79.2 cm³/mol. The Labute approximate surface area is 117 Å². The number of rotatable bonds is 8. The van der Waals surface area contributed by atoms with Crippen LogP contribution in [0, 0.1) is 0 Å². The molecule has 0 aromatic heterocycles. The average molecular weight is 275 g/mol. The lowest BCUT2D eigenvalue weighted by molar-refractivity contribution is -0.130. The van der Waals surface area contributed by atoms with E-state index in [0.717, 1.165) is 32.4 Å². The zero-order valence-electron chi connectivity index (χ0n) is 11.5. The molecule has 0 radical (unpaired) electrons. The lowest BCUT2D eigenvalue weighted by Gasteiger charge is -2.19. The first kappa shape index (κ1) is 17.5. The molecule has 1 aliphatic heterocycles. The molecular formula is C14H27ClN2O. The van der Waals surface area contributed by atoms with Gasteiger partial charge in [0.2, 0.25) is 5.91 Å². The lowest BCUT2D eigenvalue weighted by Crippen LogP contribution is -2.33. The standard InChI is InChI=1S/C14H26N2O.ClH/c1-3-4-5-6-7-11-16(2)14(17)12-13-9-8-10-15-13;/h3,13,15H,1,4-12H2,2H3;1H. The number of carbonyl (C=O) groups is 1. The minimum absolute atomic E-state index is 0. The number of unbranched alkanes of at least 4 members (excludes halogenated alkanes) is 3. The van der Waals surface area contributed by atoms with Crippen molar-refractivity contribution in [1.82, 2.24) is 10.2 Å². The van der Waals surface area contributed by atoms with E-state index in [2.05, 4.69) is 11.9 Å². The van der Waals surface area contributed by atoms with Crippen LogP contribution in [0.2, 0.25) is 0 Å². The van der Waals surface area contributed by atoms with Gasteiger partial charge in [0.05, 0.1) is 0 Å². The number of carbonyl (C=O) groups excluding carboxylic acids is 1. The zero-order chi connectivity index (χ0) is 12.5. The lowest BCUT2D eigenvalue weighted by atomic mass is 10.1. The summed E-state index contributed by atoms with van der Waals surface area (Å²) in [5.41, 5.74) is 0. The van der Waals surface area contributed by atoms with Crippen molar-refractivity contribution >= 4 is 18.3 Å². The van der Waals surface area contributed by atoms with Gasteiger partial charge in [0, 0.05) is 26.1 Å². The molecule has 1 atom stereocenters. The molecule has 106 valence electrons. The van der Waals surface area contributed by atoms with Crippen LogP contribution in [0.5, 0.6) is 0 Å². The molecule has 1 saturated heterocycles. The highest BCUT2D eigenvalue weighted by atomic mass is 35.5. The highest BCUT2D eigenvalue weighted by Gasteiger charge is 2.19. The number of halogens is 1. The van der Waals surface area contributed by atoms with E-state index in [-0.39, 0.29) is 18.3 Å². The molecule has 4 heteroatoms. The summed E-state index contributed by atoms with van der Waals surface area (Å²) in [5.74, 6) is 0.285. The normalized spacial score (nSPS) is 18.2. The third-order valence-corrected chi connectivity index (χ3v) is 3.41. The summed E-state index contributed by atoms with van der Waals surface area (Å²) in [6, 6.07) is 0.422. The van der Waals surface area contributed by atoms with Gasteiger partial charge in [-0.1, -0.05) is 12.5 Å². The molecule has 0 aromatic carbocycles. The Bertz CT molecular complexity index is 240. The molecule has 0 aliphatic carbocycles. The van der Waals surface area contributed by atoms with E-state index in [4.69, 9.17) is 0 Å². The van der Waals surface area contributed by atoms with Gasteiger partial charge in [0.25, 0.3) is 0 Å². The molecule has 1 rings (SSSR count). The van der Waals surface area contributed by atoms with Crippen molar-refractivity contribution in [3.63, 3.8) is 0 Å². The fraction of sp³-hybridized carbons (Fsp3) is 0.786. The Kier molecular flexibility index (Phi) is 10.1. The molecule has 0 aromatic rings. The Balaban J connectivity index is 0.00000289. The van der Waals surface area contributed by atoms with Gasteiger partial charge >= 0.3 is 0 Å². The van der Waals surface area contributed by atoms with Gasteiger partial charge in [-0.05, 0) is 38.6 Å². The van der Waals surface area contributed by atoms with Crippen LogP contribution in [0.25, 0.3) is 0 Å². The monoisotopic (exact) mass is 274 g/mol. The molecule has 0 bridgehead atoms. The molecule has 1 heterocycles. The first-order chi connectivity index (χ1) is 8.24. The van der Waals surface area contributed by atoms with E-state index >= 15 is 0 Å². The first-order valence-electron chi connectivity index (χ1n) is 6.82. The van der Waals surface area contributed by atoms with Crippen molar-refractivity contribution in [1.29, 1.82) is 0 Å². The summed E-state index contributed by atoms with van der Waals surface area (Å²) in [4.78, 5) is 13.8. The highest BCUT2D eigenvalue weighted by molar-refractivity contribution is 5.85.